The molecule has 0 saturated carbocycles. The van der Waals surface area contributed by atoms with Crippen LogP contribution in [0.2, 0.25) is 0 Å². The van der Waals surface area contributed by atoms with Crippen molar-refractivity contribution >= 4 is 45.4 Å². The molecule has 0 spiro atoms. The molecule has 41 heavy (non-hydrogen) atoms. The van der Waals surface area contributed by atoms with Crippen molar-refractivity contribution in [3.05, 3.63) is 73.2 Å². The number of nitrogens with zero attached hydrogens (tertiary/aromatic N) is 8. The number of halogens is 1. The minimum atomic E-state index is -0.511. The van der Waals surface area contributed by atoms with Crippen LogP contribution in [-0.2, 0) is 11.8 Å². The number of imidazole rings is 1. The van der Waals surface area contributed by atoms with Crippen molar-refractivity contribution in [2.24, 2.45) is 7.05 Å². The van der Waals surface area contributed by atoms with Crippen LogP contribution in [-0.4, -0.2) is 65.5 Å². The molecule has 3 saturated heterocycles. The van der Waals surface area contributed by atoms with Gasteiger partial charge >= 0.3 is 0 Å². The van der Waals surface area contributed by atoms with Gasteiger partial charge in [0.25, 0.3) is 0 Å². The number of aromatic nitrogens is 6. The molecule has 12 heteroatoms. The van der Waals surface area contributed by atoms with Crippen LogP contribution in [0.15, 0.2) is 61.8 Å². The van der Waals surface area contributed by atoms with Gasteiger partial charge in [-0.05, 0) is 43.2 Å². The van der Waals surface area contributed by atoms with Crippen LogP contribution < -0.4 is 15.0 Å². The number of piperidine rings is 1. The first-order valence-corrected chi connectivity index (χ1v) is 13.2. The van der Waals surface area contributed by atoms with Crippen LogP contribution in [0.4, 0.5) is 21.7 Å². The van der Waals surface area contributed by atoms with E-state index in [2.05, 4.69) is 36.7 Å². The van der Waals surface area contributed by atoms with E-state index in [0.29, 0.717) is 52.5 Å². The van der Waals surface area contributed by atoms with Gasteiger partial charge in [0.15, 0.2) is 11.5 Å². The first-order chi connectivity index (χ1) is 19.9. The number of rotatable bonds is 6. The summed E-state index contributed by atoms with van der Waals surface area (Å²) < 4.78 is 23.1. The van der Waals surface area contributed by atoms with Gasteiger partial charge in [0.1, 0.15) is 40.5 Å². The van der Waals surface area contributed by atoms with Gasteiger partial charge in [0.05, 0.1) is 35.8 Å². The normalized spacial score (nSPS) is 17.9. The number of nitrogens with one attached hydrogen (secondary N) is 1. The Morgan fingerprint density at radius 1 is 1.12 bits per heavy atom. The maximum Gasteiger partial charge on any atom is 0.246 e. The molecule has 4 aromatic heterocycles. The minimum absolute atomic E-state index is 0.0306. The Morgan fingerprint density at radius 3 is 2.76 bits per heavy atom. The van der Waals surface area contributed by atoms with Gasteiger partial charge in [-0.25, -0.2) is 29.3 Å². The molecule has 206 valence electrons. The number of aryl methyl sites for hydroxylation is 2. The highest BCUT2D eigenvalue weighted by Crippen LogP contribution is 2.36. The second kappa shape index (κ2) is 9.51. The van der Waals surface area contributed by atoms with Gasteiger partial charge in [-0.15, -0.1) is 0 Å². The summed E-state index contributed by atoms with van der Waals surface area (Å²) in [6.45, 7) is 6.82. The van der Waals surface area contributed by atoms with Crippen molar-refractivity contribution in [2.75, 3.05) is 23.3 Å². The van der Waals surface area contributed by atoms with E-state index in [9.17, 15) is 4.79 Å². The van der Waals surface area contributed by atoms with Crippen molar-refractivity contribution in [1.29, 1.82) is 0 Å². The quantitative estimate of drug-likeness (QED) is 0.309. The van der Waals surface area contributed by atoms with Gasteiger partial charge in [0.2, 0.25) is 5.91 Å². The summed E-state index contributed by atoms with van der Waals surface area (Å²) in [5.41, 5.74) is 3.52. The molecule has 5 aromatic rings. The lowest BCUT2D eigenvalue weighted by Gasteiger charge is -2.56. The number of carbonyl (C=O) groups excluding carboxylic acids is 1. The maximum absolute atomic E-state index is 15.3. The molecule has 11 nitrogen and oxygen atoms in total. The van der Waals surface area contributed by atoms with E-state index < -0.39 is 5.82 Å². The van der Waals surface area contributed by atoms with E-state index in [1.807, 2.05) is 35.6 Å². The van der Waals surface area contributed by atoms with Crippen molar-refractivity contribution < 1.29 is 13.9 Å². The monoisotopic (exact) mass is 551 g/mol. The summed E-state index contributed by atoms with van der Waals surface area (Å²) in [4.78, 5) is 38.4. The molecule has 1 N–H and O–H groups in total. The summed E-state index contributed by atoms with van der Waals surface area (Å²) in [6, 6.07) is 8.83. The molecule has 1 aromatic carbocycles. The molecule has 3 aliphatic rings. The first kappa shape index (κ1) is 24.9. The summed E-state index contributed by atoms with van der Waals surface area (Å²) in [5.74, 6) is 1.44. The third-order valence-electron chi connectivity index (χ3n) is 7.69. The highest BCUT2D eigenvalue weighted by Gasteiger charge is 2.46. The molecule has 2 bridgehead atoms. The zero-order valence-corrected chi connectivity index (χ0v) is 22.5. The van der Waals surface area contributed by atoms with Crippen molar-refractivity contribution in [3.63, 3.8) is 0 Å². The van der Waals surface area contributed by atoms with Crippen LogP contribution in [0.3, 0.4) is 0 Å². The number of amides is 1. The number of pyridine rings is 2. The van der Waals surface area contributed by atoms with Crippen molar-refractivity contribution in [2.45, 2.75) is 25.4 Å². The highest BCUT2D eigenvalue weighted by molar-refractivity contribution is 5.89. The smallest absolute Gasteiger partial charge is 0.246 e. The number of hydrogen-bond donors (Lipinski definition) is 1. The molecule has 2 unspecified atom stereocenters. The third kappa shape index (κ3) is 4.28. The lowest BCUT2D eigenvalue weighted by molar-refractivity contribution is -0.140. The van der Waals surface area contributed by atoms with Crippen molar-refractivity contribution in [1.82, 2.24) is 34.4 Å². The first-order valence-electron chi connectivity index (χ1n) is 13.2. The molecule has 1 amide bonds. The zero-order chi connectivity index (χ0) is 28.2. The third-order valence-corrected chi connectivity index (χ3v) is 7.69. The second-order valence-corrected chi connectivity index (χ2v) is 10.4. The Balaban J connectivity index is 1.13. The van der Waals surface area contributed by atoms with Crippen molar-refractivity contribution in [3.8, 4) is 11.5 Å². The Kier molecular flexibility index (Phi) is 5.77. The van der Waals surface area contributed by atoms with E-state index in [1.165, 1.54) is 18.5 Å². The summed E-state index contributed by atoms with van der Waals surface area (Å²) in [7, 11) is 1.86. The fourth-order valence-electron chi connectivity index (χ4n) is 5.64. The predicted octanol–water partition coefficient (Wildman–Crippen LogP) is 4.27. The largest absolute Gasteiger partial charge is 0.455 e. The van der Waals surface area contributed by atoms with Crippen LogP contribution in [0.5, 0.6) is 11.5 Å². The summed E-state index contributed by atoms with van der Waals surface area (Å²) in [6.07, 6.45) is 7.03. The van der Waals surface area contributed by atoms with Crippen LogP contribution >= 0.6 is 0 Å². The topological polar surface area (TPSA) is 114 Å². The lowest BCUT2D eigenvalue weighted by Crippen LogP contribution is -2.70. The standard InChI is InChI=1S/C29H26FN9O2/c1-4-26(40)39-17-8-18(39)13-38(12-17)25-6-5-21-27(36-25)28(33-14-32-21)35-22-7-16(2)24(10-20(22)30)41-19-9-23-29(31-11-19)37(3)15-34-23/h4-7,9-11,14-15,17-18H,1,8,12-13H2,2-3H3,(H,32,33,35). The Bertz CT molecular complexity index is 1840. The zero-order valence-electron chi connectivity index (χ0n) is 22.5. The Labute approximate surface area is 234 Å². The molecule has 0 radical (unpaired) electrons. The predicted molar refractivity (Wildman–Crippen MR) is 152 cm³/mol. The molecule has 8 rings (SSSR count). The maximum atomic E-state index is 15.3. The van der Waals surface area contributed by atoms with Crippen LogP contribution in [0.1, 0.15) is 12.0 Å². The fraction of sp³-hybridized carbons (Fsp3) is 0.241. The number of piperazine rings is 1. The average molecular weight is 552 g/mol. The SMILES string of the molecule is C=CC(=O)N1C2CC1CN(c1ccc3ncnc(Nc4cc(C)c(Oc5cnc6c(c5)ncn6C)cc4F)c3n1)C2. The van der Waals surface area contributed by atoms with E-state index >= 15 is 4.39 Å². The number of hydrogen-bond acceptors (Lipinski definition) is 9. The molecule has 3 aliphatic heterocycles. The summed E-state index contributed by atoms with van der Waals surface area (Å²) in [5, 5.41) is 3.10. The average Bonchev–Trinajstić information content (AvgIpc) is 3.35. The molecule has 0 aliphatic carbocycles. The van der Waals surface area contributed by atoms with E-state index in [4.69, 9.17) is 9.72 Å². The number of carbonyl (C=O) groups is 1. The van der Waals surface area contributed by atoms with Gasteiger partial charge in [-0.2, -0.15) is 0 Å². The highest BCUT2D eigenvalue weighted by atomic mass is 19.1. The number of benzene rings is 1. The number of anilines is 3. The number of fused-ring (bicyclic) bond motifs is 4. The van der Waals surface area contributed by atoms with Gasteiger partial charge in [-0.3, -0.25) is 4.79 Å². The van der Waals surface area contributed by atoms with E-state index in [1.54, 1.807) is 24.7 Å². The van der Waals surface area contributed by atoms with E-state index in [-0.39, 0.29) is 23.7 Å². The second-order valence-electron chi connectivity index (χ2n) is 10.4. The van der Waals surface area contributed by atoms with Gasteiger partial charge in [-0.1, -0.05) is 6.58 Å². The molecular weight excluding hydrogens is 525 g/mol. The van der Waals surface area contributed by atoms with Crippen LogP contribution in [0, 0.1) is 12.7 Å². The molecule has 3 fully saturated rings. The molecular formula is C29H26FN9O2. The lowest BCUT2D eigenvalue weighted by atomic mass is 9.87. The number of ether oxygens (including phenoxy) is 1. The summed E-state index contributed by atoms with van der Waals surface area (Å²) >= 11 is 0. The molecule has 2 atom stereocenters. The van der Waals surface area contributed by atoms with E-state index in [0.717, 1.165) is 17.9 Å². The Hall–Kier alpha value is -5.13. The van der Waals surface area contributed by atoms with Crippen LogP contribution in [0.25, 0.3) is 22.2 Å². The molecule has 7 heterocycles. The van der Waals surface area contributed by atoms with Gasteiger partial charge in [0, 0.05) is 32.3 Å². The van der Waals surface area contributed by atoms with Gasteiger partial charge < -0.3 is 24.4 Å². The minimum Gasteiger partial charge on any atom is -0.455 e. The fourth-order valence-corrected chi connectivity index (χ4v) is 5.64. The Morgan fingerprint density at radius 2 is 1.95 bits per heavy atom.